The van der Waals surface area contributed by atoms with Crippen molar-refractivity contribution in [3.05, 3.63) is 0 Å². The van der Waals surface area contributed by atoms with Crippen LogP contribution in [0.15, 0.2) is 0 Å². The lowest BCUT2D eigenvalue weighted by Gasteiger charge is -2.26. The average molecular weight is 845 g/mol. The van der Waals surface area contributed by atoms with Gasteiger partial charge < -0.3 is 47.4 Å². The molecule has 6 saturated carbocycles. The van der Waals surface area contributed by atoms with Gasteiger partial charge in [0.25, 0.3) is 0 Å². The van der Waals surface area contributed by atoms with Crippen LogP contribution >= 0.6 is 0 Å². The first kappa shape index (κ1) is 42.0. The molecule has 16 atom stereocenters. The maximum Gasteiger partial charge on any atom is 0.344 e. The van der Waals surface area contributed by atoms with E-state index < -0.39 is 60.9 Å². The Morgan fingerprint density at radius 2 is 0.717 bits per heavy atom. The van der Waals surface area contributed by atoms with Gasteiger partial charge in [-0.25, -0.2) is 9.59 Å². The molecule has 10 fully saturated rings. The zero-order valence-corrected chi connectivity index (χ0v) is 34.3. The Morgan fingerprint density at radius 3 is 1.13 bits per heavy atom. The molecular weight excluding hydrogens is 784 g/mol. The van der Waals surface area contributed by atoms with Crippen molar-refractivity contribution in [3.8, 4) is 0 Å². The SMILES string of the molecule is O=C(CC(=O)OCC1CCC2OC2C1)OCC1CCC2CC2C1.O=C(COC(=O)C1CC2OC2CC1C(=O)OCC(=O)OCC1CCC2OC2C1)OCC1CCC2OC2C1. The highest BCUT2D eigenvalue weighted by atomic mass is 16.6. The van der Waals surface area contributed by atoms with Crippen LogP contribution in [0.2, 0.25) is 0 Å². The van der Waals surface area contributed by atoms with Gasteiger partial charge in [-0.3, -0.25) is 19.2 Å². The number of esters is 6. The Labute approximate surface area is 349 Å². The number of carbonyl (C=O) groups is 6. The highest BCUT2D eigenvalue weighted by molar-refractivity contribution is 5.91. The molecule has 0 aromatic rings. The van der Waals surface area contributed by atoms with Crippen LogP contribution in [0.4, 0.5) is 0 Å². The van der Waals surface area contributed by atoms with E-state index >= 15 is 0 Å². The van der Waals surface area contributed by atoms with Gasteiger partial charge in [0.2, 0.25) is 0 Å². The Hall–Kier alpha value is -3.34. The van der Waals surface area contributed by atoms with E-state index in [4.69, 9.17) is 47.4 Å². The zero-order chi connectivity index (χ0) is 41.3. The molecule has 0 aromatic heterocycles. The van der Waals surface area contributed by atoms with Gasteiger partial charge in [-0.2, -0.15) is 0 Å². The molecule has 6 aliphatic carbocycles. The first-order valence-corrected chi connectivity index (χ1v) is 22.7. The van der Waals surface area contributed by atoms with Gasteiger partial charge in [-0.1, -0.05) is 0 Å². The first-order chi connectivity index (χ1) is 29.1. The van der Waals surface area contributed by atoms with Crippen LogP contribution in [0.25, 0.3) is 0 Å². The largest absolute Gasteiger partial charge is 0.465 e. The van der Waals surface area contributed by atoms with Crippen molar-refractivity contribution in [2.45, 2.75) is 152 Å². The van der Waals surface area contributed by atoms with Crippen molar-refractivity contribution < 1.29 is 76.1 Å². The molecule has 10 aliphatic rings. The fraction of sp³-hybridized carbons (Fsp3) is 0.864. The second kappa shape index (κ2) is 18.6. The third kappa shape index (κ3) is 11.6. The van der Waals surface area contributed by atoms with Crippen LogP contribution in [-0.2, 0) is 76.1 Å². The van der Waals surface area contributed by atoms with Gasteiger partial charge in [0.15, 0.2) is 13.2 Å². The number of rotatable bonds is 16. The summed E-state index contributed by atoms with van der Waals surface area (Å²) >= 11 is 0. The summed E-state index contributed by atoms with van der Waals surface area (Å²) in [7, 11) is 0. The summed E-state index contributed by atoms with van der Waals surface area (Å²) in [6.45, 7) is 0.418. The summed E-state index contributed by atoms with van der Waals surface area (Å²) in [5.74, 6) is -1.86. The van der Waals surface area contributed by atoms with E-state index in [9.17, 15) is 28.8 Å². The lowest BCUT2D eigenvalue weighted by molar-refractivity contribution is -0.170. The second-order valence-corrected chi connectivity index (χ2v) is 19.1. The standard InChI is InChI=1S/C26H34O11.C18H26O5/c27-23(31-9-13-1-3-17-19(5-13)35-17)11-33-25(29)15-7-21-22(37-21)8-16(15)26(30)34-12-24(28)32-10-14-2-4-18-20(6-14)36-18;19-17(21-9-11-1-3-13-7-14(13)5-11)8-18(20)22-10-12-2-4-15-16(6-12)23-15/h13-22H,1-12H2;11-16H,1-10H2. The normalized spacial score (nSPS) is 40.6. The summed E-state index contributed by atoms with van der Waals surface area (Å²) < 4.78 is 53.4. The smallest absolute Gasteiger partial charge is 0.344 e. The van der Waals surface area contributed by atoms with Gasteiger partial charge in [-0.05, 0) is 132 Å². The molecule has 60 heavy (non-hydrogen) atoms. The Bertz CT molecular complexity index is 1500. The molecule has 4 saturated heterocycles. The van der Waals surface area contributed by atoms with Crippen molar-refractivity contribution in [3.63, 3.8) is 0 Å². The van der Waals surface area contributed by atoms with Crippen molar-refractivity contribution in [1.82, 2.24) is 0 Å². The van der Waals surface area contributed by atoms with Gasteiger partial charge in [0.1, 0.15) is 6.42 Å². The molecule has 4 heterocycles. The van der Waals surface area contributed by atoms with E-state index in [1.807, 2.05) is 0 Å². The highest BCUT2D eigenvalue weighted by Crippen LogP contribution is 2.51. The maximum absolute atomic E-state index is 12.8. The van der Waals surface area contributed by atoms with Crippen molar-refractivity contribution >= 4 is 35.8 Å². The van der Waals surface area contributed by atoms with Gasteiger partial charge in [-0.15, -0.1) is 0 Å². The molecule has 0 N–H and O–H groups in total. The summed E-state index contributed by atoms with van der Waals surface area (Å²) in [6, 6.07) is 0. The van der Waals surface area contributed by atoms with E-state index in [0.717, 1.165) is 76.0 Å². The predicted molar refractivity (Wildman–Crippen MR) is 202 cm³/mol. The van der Waals surface area contributed by atoms with Crippen LogP contribution in [0.1, 0.15) is 103 Å². The number of hydrogen-bond donors (Lipinski definition) is 0. The van der Waals surface area contributed by atoms with E-state index in [1.165, 1.54) is 19.3 Å². The molecule has 10 rings (SSSR count). The number of ether oxygens (including phenoxy) is 10. The zero-order valence-electron chi connectivity index (χ0n) is 34.3. The monoisotopic (exact) mass is 844 g/mol. The van der Waals surface area contributed by atoms with Crippen LogP contribution in [0, 0.1) is 47.3 Å². The third-order valence-electron chi connectivity index (χ3n) is 14.6. The number of epoxide rings is 4. The van der Waals surface area contributed by atoms with Gasteiger partial charge in [0.05, 0.1) is 87.1 Å². The van der Waals surface area contributed by atoms with Crippen molar-refractivity contribution in [1.29, 1.82) is 0 Å². The first-order valence-electron chi connectivity index (χ1n) is 22.7. The molecule has 0 spiro atoms. The van der Waals surface area contributed by atoms with Crippen LogP contribution in [-0.4, -0.2) is 124 Å². The third-order valence-corrected chi connectivity index (χ3v) is 14.6. The number of hydrogen-bond acceptors (Lipinski definition) is 16. The Kier molecular flexibility index (Phi) is 13.0. The molecule has 332 valence electrons. The summed E-state index contributed by atoms with van der Waals surface area (Å²) in [4.78, 5) is 73.3. The molecule has 0 aromatic carbocycles. The fourth-order valence-corrected chi connectivity index (χ4v) is 10.6. The average Bonchev–Trinajstić information content (AvgIpc) is 4.02. The highest BCUT2D eigenvalue weighted by Gasteiger charge is 2.54. The minimum atomic E-state index is -0.809. The van der Waals surface area contributed by atoms with Gasteiger partial charge in [0, 0.05) is 0 Å². The Balaban J connectivity index is 0.000000172. The van der Waals surface area contributed by atoms with E-state index in [2.05, 4.69) is 0 Å². The summed E-state index contributed by atoms with van der Waals surface area (Å²) in [6.07, 6.45) is 16.1. The molecule has 0 amide bonds. The molecule has 16 nitrogen and oxygen atoms in total. The fourth-order valence-electron chi connectivity index (χ4n) is 10.6. The summed E-state index contributed by atoms with van der Waals surface area (Å²) in [5.41, 5.74) is 0. The number of fused-ring (bicyclic) bond motifs is 5. The van der Waals surface area contributed by atoms with Crippen LogP contribution in [0.5, 0.6) is 0 Å². The Morgan fingerprint density at radius 1 is 0.350 bits per heavy atom. The lowest BCUT2D eigenvalue weighted by Crippen LogP contribution is -2.39. The minimum absolute atomic E-state index is 0.108. The number of carbonyl (C=O) groups excluding carboxylic acids is 6. The summed E-state index contributed by atoms with van der Waals surface area (Å²) in [5, 5.41) is 0. The molecule has 4 aliphatic heterocycles. The minimum Gasteiger partial charge on any atom is -0.465 e. The predicted octanol–water partition coefficient (Wildman–Crippen LogP) is 3.55. The van der Waals surface area contributed by atoms with Gasteiger partial charge >= 0.3 is 35.8 Å². The quantitative estimate of drug-likeness (QED) is 0.0942. The van der Waals surface area contributed by atoms with Crippen LogP contribution < -0.4 is 0 Å². The molecule has 16 heteroatoms. The molecule has 0 bridgehead atoms. The maximum atomic E-state index is 12.8. The second-order valence-electron chi connectivity index (χ2n) is 19.1. The topological polar surface area (TPSA) is 208 Å². The molecule has 0 radical (unpaired) electrons. The van der Waals surface area contributed by atoms with Crippen molar-refractivity contribution in [2.24, 2.45) is 47.3 Å². The lowest BCUT2D eigenvalue weighted by atomic mass is 9.79. The van der Waals surface area contributed by atoms with Crippen molar-refractivity contribution in [2.75, 3.05) is 39.6 Å². The van der Waals surface area contributed by atoms with E-state index in [0.29, 0.717) is 74.5 Å². The molecular formula is C44H60O16. The van der Waals surface area contributed by atoms with E-state index in [1.54, 1.807) is 0 Å². The van der Waals surface area contributed by atoms with Crippen LogP contribution in [0.3, 0.4) is 0 Å². The molecule has 16 unspecified atom stereocenters. The van der Waals surface area contributed by atoms with E-state index in [-0.39, 0.29) is 43.7 Å².